The molecule has 1 heterocycles. The van der Waals surface area contributed by atoms with Crippen molar-refractivity contribution in [2.75, 3.05) is 5.43 Å². The lowest BCUT2D eigenvalue weighted by Crippen LogP contribution is -2.50. The van der Waals surface area contributed by atoms with Crippen molar-refractivity contribution in [1.29, 1.82) is 0 Å². The molecule has 1 rings (SSSR count). The fourth-order valence-electron chi connectivity index (χ4n) is 1.09. The van der Waals surface area contributed by atoms with Crippen LogP contribution in [-0.2, 0) is 4.74 Å². The van der Waals surface area contributed by atoms with Crippen LogP contribution >= 0.6 is 0 Å². The normalized spacial score (nSPS) is 10.9. The van der Waals surface area contributed by atoms with E-state index in [2.05, 4.69) is 5.43 Å². The predicted octanol–water partition coefficient (Wildman–Crippen LogP) is -0.867. The van der Waals surface area contributed by atoms with Crippen LogP contribution in [0.25, 0.3) is 0 Å². The van der Waals surface area contributed by atoms with Gasteiger partial charge in [0.2, 0.25) is 0 Å². The van der Waals surface area contributed by atoms with Crippen molar-refractivity contribution in [1.82, 2.24) is 0 Å². The van der Waals surface area contributed by atoms with Crippen LogP contribution in [-0.4, -0.2) is 28.9 Å². The van der Waals surface area contributed by atoms with E-state index in [-0.39, 0.29) is 0 Å². The Bertz CT molecular complexity index is 386. The maximum Gasteiger partial charge on any atom is 0.488 e. The Morgan fingerprint density at radius 2 is 1.88 bits per heavy atom. The maximum absolute atomic E-state index is 11.4. The van der Waals surface area contributed by atoms with Crippen LogP contribution in [0.1, 0.15) is 20.8 Å². The van der Waals surface area contributed by atoms with Crippen molar-refractivity contribution >= 4 is 18.7 Å². The highest BCUT2D eigenvalue weighted by atomic mass is 16.6. The zero-order valence-corrected chi connectivity index (χ0v) is 10.0. The second kappa shape index (κ2) is 5.16. The van der Waals surface area contributed by atoms with Crippen molar-refractivity contribution in [3.8, 4) is 0 Å². The third kappa shape index (κ3) is 4.84. The van der Waals surface area contributed by atoms with E-state index < -0.39 is 18.8 Å². The van der Waals surface area contributed by atoms with Gasteiger partial charge in [-0.25, -0.2) is 4.79 Å². The third-order valence-corrected chi connectivity index (χ3v) is 1.77. The van der Waals surface area contributed by atoms with Crippen LogP contribution in [0, 0.1) is 0 Å². The molecule has 0 atom stereocenters. The quantitative estimate of drug-likeness (QED) is 0.463. The summed E-state index contributed by atoms with van der Waals surface area (Å²) in [5, 5.41) is 17.8. The van der Waals surface area contributed by atoms with Crippen LogP contribution in [0.4, 0.5) is 4.79 Å². The molecule has 0 saturated carbocycles. The summed E-state index contributed by atoms with van der Waals surface area (Å²) < 4.78 is 6.41. The lowest BCUT2D eigenvalue weighted by atomic mass is 9.81. The van der Waals surface area contributed by atoms with Gasteiger partial charge < -0.3 is 14.8 Å². The number of amides is 1. The van der Waals surface area contributed by atoms with Gasteiger partial charge in [-0.1, -0.05) is 10.1 Å². The fraction of sp³-hybridized carbons (Fsp3) is 0.400. The van der Waals surface area contributed by atoms with E-state index in [9.17, 15) is 4.79 Å². The van der Waals surface area contributed by atoms with E-state index in [0.717, 1.165) is 0 Å². The minimum Gasteiger partial charge on any atom is -0.440 e. The van der Waals surface area contributed by atoms with Crippen LogP contribution < -0.4 is 15.6 Å². The van der Waals surface area contributed by atoms with Crippen molar-refractivity contribution in [3.63, 3.8) is 0 Å². The van der Waals surface area contributed by atoms with Gasteiger partial charge in [-0.05, 0) is 26.2 Å². The van der Waals surface area contributed by atoms with E-state index in [1.54, 1.807) is 20.8 Å². The van der Waals surface area contributed by atoms with Crippen molar-refractivity contribution < 1.29 is 24.3 Å². The summed E-state index contributed by atoms with van der Waals surface area (Å²) in [5.74, 6) is 0. The second-order valence-corrected chi connectivity index (χ2v) is 4.53. The van der Waals surface area contributed by atoms with Gasteiger partial charge in [0.15, 0.2) is 12.4 Å². The van der Waals surface area contributed by atoms with Gasteiger partial charge in [0.05, 0.1) is 0 Å². The Labute approximate surface area is 100.0 Å². The average molecular weight is 239 g/mol. The van der Waals surface area contributed by atoms with Gasteiger partial charge in [0, 0.05) is 12.1 Å². The largest absolute Gasteiger partial charge is 0.488 e. The van der Waals surface area contributed by atoms with Gasteiger partial charge in [-0.2, -0.15) is 0 Å². The number of nitrogens with one attached hydrogen (secondary N) is 1. The molecule has 17 heavy (non-hydrogen) atoms. The number of carbonyl (C=O) groups is 1. The average Bonchev–Trinajstić information content (AvgIpc) is 2.15. The summed E-state index contributed by atoms with van der Waals surface area (Å²) >= 11 is 0. The summed E-state index contributed by atoms with van der Waals surface area (Å²) in [6.07, 6.45) is 2.39. The molecule has 0 radical (unpaired) electrons. The van der Waals surface area contributed by atoms with Crippen LogP contribution in [0.5, 0.6) is 0 Å². The summed E-state index contributed by atoms with van der Waals surface area (Å²) in [5.41, 5.74) is 2.23. The number of hydrogen-bond donors (Lipinski definition) is 3. The highest BCUT2D eigenvalue weighted by molar-refractivity contribution is 6.58. The molecule has 0 bridgehead atoms. The first-order valence-electron chi connectivity index (χ1n) is 5.15. The molecule has 0 aliphatic carbocycles. The molecular weight excluding hydrogens is 223 g/mol. The summed E-state index contributed by atoms with van der Waals surface area (Å²) in [7, 11) is -1.52. The first-order chi connectivity index (χ1) is 7.78. The lowest BCUT2D eigenvalue weighted by molar-refractivity contribution is -0.642. The number of aromatic nitrogens is 1. The molecular formula is C10H16BN2O4+. The Balaban J connectivity index is 2.61. The number of ether oxygens (including phenoxy) is 1. The Morgan fingerprint density at radius 3 is 2.29 bits per heavy atom. The molecule has 7 heteroatoms. The maximum atomic E-state index is 11.4. The molecule has 0 aromatic carbocycles. The highest BCUT2D eigenvalue weighted by Gasteiger charge is 2.19. The Hall–Kier alpha value is -1.60. The molecule has 0 saturated heterocycles. The number of pyridine rings is 1. The number of carbonyl (C=O) groups excluding carboxylic acids is 1. The molecule has 1 aromatic rings. The van der Waals surface area contributed by atoms with Crippen LogP contribution in [0.15, 0.2) is 24.5 Å². The van der Waals surface area contributed by atoms with Gasteiger partial charge in [0.1, 0.15) is 5.60 Å². The van der Waals surface area contributed by atoms with E-state index >= 15 is 0 Å². The zero-order chi connectivity index (χ0) is 13.1. The predicted molar refractivity (Wildman–Crippen MR) is 62.1 cm³/mol. The molecule has 1 aromatic heterocycles. The minimum atomic E-state index is -1.52. The van der Waals surface area contributed by atoms with E-state index in [1.807, 2.05) is 0 Å². The molecule has 1 amide bonds. The van der Waals surface area contributed by atoms with Crippen LogP contribution in [0.3, 0.4) is 0 Å². The Kier molecular flexibility index (Phi) is 4.09. The SMILES string of the molecule is CC(C)(C)OC(=O)N[n+]1ccc(B(O)O)cc1. The number of rotatable bonds is 2. The van der Waals surface area contributed by atoms with Crippen LogP contribution in [0.2, 0.25) is 0 Å². The number of hydrogen-bond acceptors (Lipinski definition) is 4. The van der Waals surface area contributed by atoms with Gasteiger partial charge in [-0.3, -0.25) is 0 Å². The zero-order valence-electron chi connectivity index (χ0n) is 10.0. The molecule has 0 unspecified atom stereocenters. The Morgan fingerprint density at radius 1 is 1.35 bits per heavy atom. The van der Waals surface area contributed by atoms with Crippen molar-refractivity contribution in [2.24, 2.45) is 0 Å². The van der Waals surface area contributed by atoms with Crippen molar-refractivity contribution in [3.05, 3.63) is 24.5 Å². The summed E-state index contributed by atoms with van der Waals surface area (Å²) in [6, 6.07) is 2.95. The van der Waals surface area contributed by atoms with E-state index in [0.29, 0.717) is 5.46 Å². The summed E-state index contributed by atoms with van der Waals surface area (Å²) in [4.78, 5) is 11.4. The number of nitrogens with zero attached hydrogens (tertiary/aromatic N) is 1. The third-order valence-electron chi connectivity index (χ3n) is 1.77. The van der Waals surface area contributed by atoms with E-state index in [4.69, 9.17) is 14.8 Å². The smallest absolute Gasteiger partial charge is 0.440 e. The van der Waals surface area contributed by atoms with Crippen molar-refractivity contribution in [2.45, 2.75) is 26.4 Å². The molecule has 0 aliphatic rings. The molecule has 3 N–H and O–H groups in total. The lowest BCUT2D eigenvalue weighted by Gasteiger charge is -2.17. The van der Waals surface area contributed by atoms with Gasteiger partial charge >= 0.3 is 13.2 Å². The van der Waals surface area contributed by atoms with Gasteiger partial charge in [-0.15, -0.1) is 0 Å². The van der Waals surface area contributed by atoms with E-state index in [1.165, 1.54) is 29.2 Å². The standard InChI is InChI=1S/C10H15BN2O4/c1-10(2,3)17-9(14)12-13-6-4-8(5-7-13)11(15)16/h4-7,15-16H,1-3H3/p+1. The first kappa shape index (κ1) is 13.5. The molecule has 92 valence electrons. The first-order valence-corrected chi connectivity index (χ1v) is 5.15. The molecule has 0 spiro atoms. The summed E-state index contributed by atoms with van der Waals surface area (Å²) in [6.45, 7) is 5.30. The molecule has 6 nitrogen and oxygen atoms in total. The monoisotopic (exact) mass is 239 g/mol. The minimum absolute atomic E-state index is 0.340. The van der Waals surface area contributed by atoms with Gasteiger partial charge in [0.25, 0.3) is 0 Å². The topological polar surface area (TPSA) is 82.7 Å². The second-order valence-electron chi connectivity index (χ2n) is 4.53. The molecule has 0 aliphatic heterocycles. The fourth-order valence-corrected chi connectivity index (χ4v) is 1.09. The molecule has 0 fully saturated rings. The highest BCUT2D eigenvalue weighted by Crippen LogP contribution is 2.06.